The monoisotopic (exact) mass is 560 g/mol. The zero-order valence-electron chi connectivity index (χ0n) is 21.1. The number of hydrogen-bond donors (Lipinski definition) is 3. The van der Waals surface area contributed by atoms with Crippen LogP contribution in [-0.2, 0) is 4.79 Å². The molecule has 3 heterocycles. The molecule has 0 unspecified atom stereocenters. The standard InChI is InChI=1S/C29H25ClN4O4S/c1-16(2)27(35)32-21-10-9-19(15-20(21)30)34-26(25(33-29(34)39)22-8-3-4-13-31-22)24-12-11-23(38-24)17-6-5-7-18(14-17)28(36)37/h3-16,25-26H,1-2H3,(H,32,35)(H,33,39)(H,36,37)/t25-,26+/m1/s1. The predicted octanol–water partition coefficient (Wildman–Crippen LogP) is 6.46. The number of thiocarbonyl (C=S) groups is 1. The molecule has 1 amide bonds. The number of carbonyl (C=O) groups is 2. The van der Waals surface area contributed by atoms with Crippen molar-refractivity contribution >= 4 is 52.2 Å². The first kappa shape index (κ1) is 26.4. The van der Waals surface area contributed by atoms with E-state index in [9.17, 15) is 14.7 Å². The summed E-state index contributed by atoms with van der Waals surface area (Å²) in [4.78, 5) is 30.1. The van der Waals surface area contributed by atoms with Gasteiger partial charge in [-0.3, -0.25) is 9.78 Å². The summed E-state index contributed by atoms with van der Waals surface area (Å²) in [6.07, 6.45) is 1.72. The quantitative estimate of drug-likeness (QED) is 0.221. The zero-order chi connectivity index (χ0) is 27.7. The van der Waals surface area contributed by atoms with Crippen LogP contribution >= 0.6 is 23.8 Å². The lowest BCUT2D eigenvalue weighted by molar-refractivity contribution is -0.118. The number of halogens is 1. The van der Waals surface area contributed by atoms with Gasteiger partial charge in [0.05, 0.1) is 28.0 Å². The van der Waals surface area contributed by atoms with Crippen molar-refractivity contribution < 1.29 is 19.1 Å². The number of pyridine rings is 1. The molecule has 4 aromatic rings. The van der Waals surface area contributed by atoms with Crippen molar-refractivity contribution in [3.05, 3.63) is 101 Å². The second-order valence-electron chi connectivity index (χ2n) is 9.39. The van der Waals surface area contributed by atoms with Crippen LogP contribution in [0.3, 0.4) is 0 Å². The fraction of sp³-hybridized carbons (Fsp3) is 0.172. The van der Waals surface area contributed by atoms with Gasteiger partial charge in [-0.2, -0.15) is 0 Å². The number of carbonyl (C=O) groups excluding carboxylic acids is 1. The Morgan fingerprint density at radius 2 is 1.92 bits per heavy atom. The van der Waals surface area contributed by atoms with Crippen molar-refractivity contribution in [2.75, 3.05) is 10.2 Å². The van der Waals surface area contributed by atoms with Gasteiger partial charge in [-0.15, -0.1) is 0 Å². The van der Waals surface area contributed by atoms with Crippen LogP contribution in [0, 0.1) is 5.92 Å². The highest BCUT2D eigenvalue weighted by Crippen LogP contribution is 2.44. The van der Waals surface area contributed by atoms with Gasteiger partial charge in [-0.25, -0.2) is 4.79 Å². The number of hydrogen-bond acceptors (Lipinski definition) is 5. The molecule has 2 aromatic heterocycles. The summed E-state index contributed by atoms with van der Waals surface area (Å²) < 4.78 is 6.32. The highest BCUT2D eigenvalue weighted by atomic mass is 35.5. The molecule has 0 spiro atoms. The number of nitrogens with zero attached hydrogens (tertiary/aromatic N) is 2. The number of benzene rings is 2. The third-order valence-electron chi connectivity index (χ3n) is 6.42. The maximum atomic E-state index is 12.2. The number of furan rings is 1. The minimum atomic E-state index is -1.01. The van der Waals surface area contributed by atoms with Gasteiger partial charge in [0, 0.05) is 23.4 Å². The molecule has 8 nitrogen and oxygen atoms in total. The van der Waals surface area contributed by atoms with Gasteiger partial charge in [-0.1, -0.05) is 43.6 Å². The van der Waals surface area contributed by atoms with E-state index in [1.807, 2.05) is 55.1 Å². The molecule has 198 valence electrons. The summed E-state index contributed by atoms with van der Waals surface area (Å²) in [6, 6.07) is 20.4. The molecule has 10 heteroatoms. The van der Waals surface area contributed by atoms with Crippen molar-refractivity contribution in [1.82, 2.24) is 10.3 Å². The van der Waals surface area contributed by atoms with Crippen molar-refractivity contribution in [3.8, 4) is 11.3 Å². The van der Waals surface area contributed by atoms with Crippen LogP contribution in [0.15, 0.2) is 83.4 Å². The highest BCUT2D eigenvalue weighted by Gasteiger charge is 2.42. The van der Waals surface area contributed by atoms with Crippen molar-refractivity contribution in [2.24, 2.45) is 5.92 Å². The molecule has 1 saturated heterocycles. The van der Waals surface area contributed by atoms with Crippen LogP contribution in [0.1, 0.15) is 47.7 Å². The van der Waals surface area contributed by atoms with Crippen LogP contribution in [0.2, 0.25) is 5.02 Å². The molecule has 2 aromatic carbocycles. The van der Waals surface area contributed by atoms with Gasteiger partial charge < -0.3 is 25.1 Å². The number of carboxylic acid groups (broad SMARTS) is 1. The van der Waals surface area contributed by atoms with Crippen molar-refractivity contribution in [3.63, 3.8) is 0 Å². The zero-order valence-corrected chi connectivity index (χ0v) is 22.7. The lowest BCUT2D eigenvalue weighted by Crippen LogP contribution is -2.29. The van der Waals surface area contributed by atoms with Crippen LogP contribution in [0.25, 0.3) is 11.3 Å². The number of anilines is 2. The van der Waals surface area contributed by atoms with Gasteiger partial charge in [0.25, 0.3) is 0 Å². The number of nitrogens with one attached hydrogen (secondary N) is 2. The summed E-state index contributed by atoms with van der Waals surface area (Å²) in [6.45, 7) is 3.62. The number of aromatic nitrogens is 1. The van der Waals surface area contributed by atoms with Gasteiger partial charge in [-0.05, 0) is 66.8 Å². The highest BCUT2D eigenvalue weighted by molar-refractivity contribution is 7.80. The molecule has 2 atom stereocenters. The first-order chi connectivity index (χ1) is 18.7. The minimum absolute atomic E-state index is 0.133. The van der Waals surface area contributed by atoms with Crippen LogP contribution in [-0.4, -0.2) is 27.1 Å². The molecule has 39 heavy (non-hydrogen) atoms. The Kier molecular flexibility index (Phi) is 7.36. The Morgan fingerprint density at radius 3 is 2.62 bits per heavy atom. The second-order valence-corrected chi connectivity index (χ2v) is 10.2. The van der Waals surface area contributed by atoms with Gasteiger partial charge in [0.15, 0.2) is 5.11 Å². The van der Waals surface area contributed by atoms with Crippen LogP contribution < -0.4 is 15.5 Å². The summed E-state index contributed by atoms with van der Waals surface area (Å²) in [5.74, 6) is -0.215. The maximum Gasteiger partial charge on any atom is 0.335 e. The molecular formula is C29H25ClN4O4S. The number of aromatic carboxylic acids is 1. The average molecular weight is 561 g/mol. The van der Waals surface area contributed by atoms with Gasteiger partial charge >= 0.3 is 5.97 Å². The van der Waals surface area contributed by atoms with E-state index in [4.69, 9.17) is 28.2 Å². The summed E-state index contributed by atoms with van der Waals surface area (Å²) in [5, 5.41) is 16.4. The van der Waals surface area contributed by atoms with Gasteiger partial charge in [0.1, 0.15) is 17.6 Å². The SMILES string of the molecule is CC(C)C(=O)Nc1ccc(N2C(=S)N[C@H](c3ccccn3)[C@@H]2c2ccc(-c3cccc(C(=O)O)c3)o2)cc1Cl. The summed E-state index contributed by atoms with van der Waals surface area (Å²) in [7, 11) is 0. The smallest absolute Gasteiger partial charge is 0.335 e. The molecule has 5 rings (SSSR count). The Hall–Kier alpha value is -4.21. The van der Waals surface area contributed by atoms with E-state index < -0.39 is 12.0 Å². The lowest BCUT2D eigenvalue weighted by atomic mass is 10.0. The molecule has 3 N–H and O–H groups in total. The fourth-order valence-electron chi connectivity index (χ4n) is 4.43. The normalized spacial score (nSPS) is 16.8. The van der Waals surface area contributed by atoms with E-state index in [1.165, 1.54) is 6.07 Å². The topological polar surface area (TPSA) is 108 Å². The number of rotatable bonds is 7. The average Bonchev–Trinajstić information content (AvgIpc) is 3.55. The molecule has 1 aliphatic heterocycles. The van der Waals surface area contributed by atoms with Crippen LogP contribution in [0.5, 0.6) is 0 Å². The Bertz CT molecular complexity index is 1560. The maximum absolute atomic E-state index is 12.2. The van der Waals surface area contributed by atoms with E-state index >= 15 is 0 Å². The second kappa shape index (κ2) is 10.9. The van der Waals surface area contributed by atoms with Crippen LogP contribution in [0.4, 0.5) is 11.4 Å². The van der Waals surface area contributed by atoms with E-state index in [0.717, 1.165) is 5.69 Å². The number of amides is 1. The fourth-order valence-corrected chi connectivity index (χ4v) is 4.99. The molecular weight excluding hydrogens is 536 g/mol. The summed E-state index contributed by atoms with van der Waals surface area (Å²) >= 11 is 12.4. The molecule has 0 bridgehead atoms. The Balaban J connectivity index is 1.55. The minimum Gasteiger partial charge on any atom is -0.478 e. The van der Waals surface area contributed by atoms with Crippen molar-refractivity contribution in [2.45, 2.75) is 25.9 Å². The van der Waals surface area contributed by atoms with Crippen molar-refractivity contribution in [1.29, 1.82) is 0 Å². The Labute approximate surface area is 235 Å². The molecule has 1 fully saturated rings. The molecule has 0 radical (unpaired) electrons. The van der Waals surface area contributed by atoms with E-state index in [1.54, 1.807) is 36.5 Å². The first-order valence-electron chi connectivity index (χ1n) is 12.3. The predicted molar refractivity (Wildman–Crippen MR) is 154 cm³/mol. The lowest BCUT2D eigenvalue weighted by Gasteiger charge is -2.26. The third-order valence-corrected chi connectivity index (χ3v) is 7.05. The van der Waals surface area contributed by atoms with E-state index in [0.29, 0.717) is 38.6 Å². The first-order valence-corrected chi connectivity index (χ1v) is 13.1. The molecule has 1 aliphatic rings. The van der Waals surface area contributed by atoms with E-state index in [-0.39, 0.29) is 23.4 Å². The Morgan fingerprint density at radius 1 is 1.10 bits per heavy atom. The number of carboxylic acids is 1. The molecule has 0 aliphatic carbocycles. The largest absolute Gasteiger partial charge is 0.478 e. The third kappa shape index (κ3) is 5.36. The van der Waals surface area contributed by atoms with E-state index in [2.05, 4.69) is 15.6 Å². The van der Waals surface area contributed by atoms with Gasteiger partial charge in [0.2, 0.25) is 5.91 Å². The summed E-state index contributed by atoms with van der Waals surface area (Å²) in [5.41, 5.74) is 2.79. The molecule has 0 saturated carbocycles.